The van der Waals surface area contributed by atoms with Crippen molar-refractivity contribution in [2.24, 2.45) is 11.8 Å². The third-order valence-corrected chi connectivity index (χ3v) is 4.50. The fourth-order valence-corrected chi connectivity index (χ4v) is 3.26. The highest BCUT2D eigenvalue weighted by molar-refractivity contribution is 5.79. The van der Waals surface area contributed by atoms with Gasteiger partial charge in [-0.15, -0.1) is 0 Å². The fraction of sp³-hybridized carbons (Fsp3) is 0.875. The molecule has 4 nitrogen and oxygen atoms in total. The van der Waals surface area contributed by atoms with Crippen molar-refractivity contribution in [3.8, 4) is 0 Å². The lowest BCUT2D eigenvalue weighted by atomic mass is 10.0. The van der Waals surface area contributed by atoms with Crippen LogP contribution in [-0.4, -0.2) is 35.8 Å². The quantitative estimate of drug-likeness (QED) is 0.859. The summed E-state index contributed by atoms with van der Waals surface area (Å²) in [6.45, 7) is 5.74. The van der Waals surface area contributed by atoms with Crippen molar-refractivity contribution in [3.63, 3.8) is 0 Å². The second kappa shape index (κ2) is 7.09. The number of nitrogens with zero attached hydrogens (tertiary/aromatic N) is 1. The van der Waals surface area contributed by atoms with Gasteiger partial charge in [-0.2, -0.15) is 0 Å². The fourth-order valence-electron chi connectivity index (χ4n) is 3.26. The second-order valence-corrected chi connectivity index (χ2v) is 6.74. The molecule has 20 heavy (non-hydrogen) atoms. The third-order valence-electron chi connectivity index (χ3n) is 4.50. The minimum atomic E-state index is 0.245. The van der Waals surface area contributed by atoms with Crippen molar-refractivity contribution in [2.75, 3.05) is 13.1 Å². The first-order valence-corrected chi connectivity index (χ1v) is 8.14. The van der Waals surface area contributed by atoms with E-state index in [1.54, 1.807) is 0 Å². The van der Waals surface area contributed by atoms with Gasteiger partial charge in [-0.05, 0) is 31.6 Å². The van der Waals surface area contributed by atoms with Crippen LogP contribution in [0, 0.1) is 11.8 Å². The number of carbonyl (C=O) groups excluding carboxylic acids is 2. The largest absolute Gasteiger partial charge is 0.353 e. The Labute approximate surface area is 122 Å². The first-order valence-electron chi connectivity index (χ1n) is 8.14. The first-order chi connectivity index (χ1) is 9.56. The van der Waals surface area contributed by atoms with E-state index in [4.69, 9.17) is 0 Å². The van der Waals surface area contributed by atoms with Crippen LogP contribution in [-0.2, 0) is 9.59 Å². The zero-order valence-electron chi connectivity index (χ0n) is 12.9. The predicted molar refractivity (Wildman–Crippen MR) is 79.2 cm³/mol. The molecule has 2 aliphatic rings. The minimum Gasteiger partial charge on any atom is -0.353 e. The monoisotopic (exact) mass is 280 g/mol. The molecule has 1 N–H and O–H groups in total. The minimum absolute atomic E-state index is 0.245. The molecule has 0 bridgehead atoms. The number of piperidine rings is 1. The molecule has 2 fully saturated rings. The van der Waals surface area contributed by atoms with E-state index in [9.17, 15) is 9.59 Å². The molecule has 0 aromatic heterocycles. The summed E-state index contributed by atoms with van der Waals surface area (Å²) in [6.07, 6.45) is 6.94. The normalized spacial score (nSPS) is 21.4. The molecule has 114 valence electrons. The topological polar surface area (TPSA) is 49.4 Å². The lowest BCUT2D eigenvalue weighted by molar-refractivity contribution is -0.133. The summed E-state index contributed by atoms with van der Waals surface area (Å²) in [5, 5.41) is 3.18. The van der Waals surface area contributed by atoms with E-state index >= 15 is 0 Å². The van der Waals surface area contributed by atoms with Crippen LogP contribution in [0.3, 0.4) is 0 Å². The molecule has 1 aliphatic heterocycles. The van der Waals surface area contributed by atoms with Crippen LogP contribution >= 0.6 is 0 Å². The van der Waals surface area contributed by atoms with Gasteiger partial charge in [0.2, 0.25) is 11.8 Å². The van der Waals surface area contributed by atoms with Gasteiger partial charge in [0.25, 0.3) is 0 Å². The Balaban J connectivity index is 1.71. The molecular formula is C16H28N2O2. The molecular weight excluding hydrogens is 252 g/mol. The Kier molecular flexibility index (Phi) is 5.44. The van der Waals surface area contributed by atoms with Crippen LogP contribution in [0.4, 0.5) is 0 Å². The zero-order valence-corrected chi connectivity index (χ0v) is 12.9. The summed E-state index contributed by atoms with van der Waals surface area (Å²) in [5.74, 6) is 1.17. The molecule has 1 aliphatic carbocycles. The average molecular weight is 280 g/mol. The standard InChI is InChI=1S/C16H28N2O2/c1-12(2)11-15(19)18-9-7-14(8-10-18)17-16(20)13-5-3-4-6-13/h12-14H,3-11H2,1-2H3,(H,17,20). The van der Waals surface area contributed by atoms with Gasteiger partial charge in [-0.1, -0.05) is 26.7 Å². The van der Waals surface area contributed by atoms with Crippen LogP contribution in [0.2, 0.25) is 0 Å². The molecule has 0 atom stereocenters. The van der Waals surface area contributed by atoms with E-state index in [1.807, 2.05) is 4.90 Å². The summed E-state index contributed by atoms with van der Waals surface area (Å²) >= 11 is 0. The van der Waals surface area contributed by atoms with Gasteiger partial charge in [-0.25, -0.2) is 0 Å². The van der Waals surface area contributed by atoms with Crippen molar-refractivity contribution in [1.82, 2.24) is 10.2 Å². The summed E-state index contributed by atoms with van der Waals surface area (Å²) < 4.78 is 0. The van der Waals surface area contributed by atoms with Crippen LogP contribution < -0.4 is 5.32 Å². The molecule has 0 radical (unpaired) electrons. The van der Waals surface area contributed by atoms with E-state index in [0.29, 0.717) is 12.3 Å². The summed E-state index contributed by atoms with van der Waals surface area (Å²) in [6, 6.07) is 0.270. The van der Waals surface area contributed by atoms with E-state index in [-0.39, 0.29) is 23.8 Å². The van der Waals surface area contributed by atoms with Crippen molar-refractivity contribution in [3.05, 3.63) is 0 Å². The Morgan fingerprint density at radius 3 is 2.25 bits per heavy atom. The number of hydrogen-bond acceptors (Lipinski definition) is 2. The predicted octanol–water partition coefficient (Wildman–Crippen LogP) is 2.33. The highest BCUT2D eigenvalue weighted by atomic mass is 16.2. The van der Waals surface area contributed by atoms with Gasteiger partial charge in [0.1, 0.15) is 0 Å². The summed E-state index contributed by atoms with van der Waals surface area (Å²) in [4.78, 5) is 26.0. The van der Waals surface area contributed by atoms with Gasteiger partial charge in [0.05, 0.1) is 0 Å². The van der Waals surface area contributed by atoms with Crippen LogP contribution in [0.15, 0.2) is 0 Å². The molecule has 0 unspecified atom stereocenters. The van der Waals surface area contributed by atoms with Crippen molar-refractivity contribution in [2.45, 2.75) is 64.8 Å². The van der Waals surface area contributed by atoms with Crippen molar-refractivity contribution >= 4 is 11.8 Å². The van der Waals surface area contributed by atoms with Gasteiger partial charge < -0.3 is 10.2 Å². The maximum absolute atomic E-state index is 12.1. The Bertz CT molecular complexity index is 340. The number of amides is 2. The van der Waals surface area contributed by atoms with Gasteiger partial charge in [-0.3, -0.25) is 9.59 Å². The van der Waals surface area contributed by atoms with Gasteiger partial charge >= 0.3 is 0 Å². The van der Waals surface area contributed by atoms with Gasteiger partial charge in [0.15, 0.2) is 0 Å². The number of hydrogen-bond donors (Lipinski definition) is 1. The van der Waals surface area contributed by atoms with Gasteiger partial charge in [0, 0.05) is 31.5 Å². The molecule has 0 aromatic rings. The molecule has 1 saturated heterocycles. The highest BCUT2D eigenvalue weighted by Gasteiger charge is 2.27. The van der Waals surface area contributed by atoms with Crippen molar-refractivity contribution < 1.29 is 9.59 Å². The SMILES string of the molecule is CC(C)CC(=O)N1CCC(NC(=O)C2CCCC2)CC1. The first kappa shape index (κ1) is 15.3. The Morgan fingerprint density at radius 1 is 1.10 bits per heavy atom. The lowest BCUT2D eigenvalue weighted by Gasteiger charge is -2.33. The zero-order chi connectivity index (χ0) is 14.5. The molecule has 4 heteroatoms. The van der Waals surface area contributed by atoms with E-state index < -0.39 is 0 Å². The summed E-state index contributed by atoms with van der Waals surface area (Å²) in [7, 11) is 0. The molecule has 0 spiro atoms. The maximum atomic E-state index is 12.1. The molecule has 0 aromatic carbocycles. The maximum Gasteiger partial charge on any atom is 0.223 e. The summed E-state index contributed by atoms with van der Waals surface area (Å²) in [5.41, 5.74) is 0. The smallest absolute Gasteiger partial charge is 0.223 e. The highest BCUT2D eigenvalue weighted by Crippen LogP contribution is 2.25. The molecule has 2 rings (SSSR count). The molecule has 2 amide bonds. The van der Waals surface area contributed by atoms with Crippen molar-refractivity contribution in [1.29, 1.82) is 0 Å². The third kappa shape index (κ3) is 4.22. The second-order valence-electron chi connectivity index (χ2n) is 6.74. The van der Waals surface area contributed by atoms with E-state index in [2.05, 4.69) is 19.2 Å². The number of nitrogens with one attached hydrogen (secondary N) is 1. The number of likely N-dealkylation sites (tertiary alicyclic amines) is 1. The number of rotatable bonds is 4. The van der Waals surface area contributed by atoms with Crippen LogP contribution in [0.5, 0.6) is 0 Å². The molecule has 1 saturated carbocycles. The lowest BCUT2D eigenvalue weighted by Crippen LogP contribution is -2.47. The van der Waals surface area contributed by atoms with Crippen LogP contribution in [0.1, 0.15) is 58.8 Å². The van der Waals surface area contributed by atoms with Crippen LogP contribution in [0.25, 0.3) is 0 Å². The average Bonchev–Trinajstić information content (AvgIpc) is 2.92. The van der Waals surface area contributed by atoms with E-state index in [1.165, 1.54) is 12.8 Å². The molecule has 1 heterocycles. The van der Waals surface area contributed by atoms with E-state index in [0.717, 1.165) is 38.8 Å². The Morgan fingerprint density at radius 2 is 1.70 bits per heavy atom. The Hall–Kier alpha value is -1.06. The number of carbonyl (C=O) groups is 2.